The number of hydrogen-bond acceptors (Lipinski definition) is 4. The predicted molar refractivity (Wildman–Crippen MR) is 76.8 cm³/mol. The van der Waals surface area contributed by atoms with Crippen LogP contribution in [0.25, 0.3) is 0 Å². The highest BCUT2D eigenvalue weighted by molar-refractivity contribution is 5.88. The van der Waals surface area contributed by atoms with Crippen molar-refractivity contribution in [1.82, 2.24) is 5.32 Å². The lowest BCUT2D eigenvalue weighted by molar-refractivity contribution is -0.133. The van der Waals surface area contributed by atoms with Crippen molar-refractivity contribution in [3.05, 3.63) is 29.8 Å². The van der Waals surface area contributed by atoms with Crippen LogP contribution in [0, 0.1) is 0 Å². The maximum Gasteiger partial charge on any atom is 0.249 e. The number of benzene rings is 1. The molecule has 3 N–H and O–H groups in total. The van der Waals surface area contributed by atoms with Crippen LogP contribution in [0.2, 0.25) is 0 Å². The number of rotatable bonds is 6. The number of amides is 2. The van der Waals surface area contributed by atoms with Crippen LogP contribution in [-0.4, -0.2) is 37.7 Å². The normalized spacial score (nSPS) is 19.0. The van der Waals surface area contributed by atoms with Crippen LogP contribution in [0.1, 0.15) is 18.4 Å². The van der Waals surface area contributed by atoms with Gasteiger partial charge in [0.1, 0.15) is 17.9 Å². The molecule has 0 radical (unpaired) electrons. The highest BCUT2D eigenvalue weighted by Gasteiger charge is 2.28. The number of hydrogen-bond donors (Lipinski definition) is 2. The first-order chi connectivity index (χ1) is 10.1. The second-order valence-electron chi connectivity index (χ2n) is 4.98. The van der Waals surface area contributed by atoms with Gasteiger partial charge in [-0.15, -0.1) is 0 Å². The van der Waals surface area contributed by atoms with E-state index < -0.39 is 18.1 Å². The zero-order valence-corrected chi connectivity index (χ0v) is 12.0. The van der Waals surface area contributed by atoms with Crippen LogP contribution in [0.15, 0.2) is 24.3 Å². The van der Waals surface area contributed by atoms with Crippen LogP contribution in [0.5, 0.6) is 5.75 Å². The lowest BCUT2D eigenvalue weighted by atomic mass is 10.0. The molecule has 1 aromatic rings. The summed E-state index contributed by atoms with van der Waals surface area (Å²) in [6.45, 7) is 0.575. The topological polar surface area (TPSA) is 90.7 Å². The maximum atomic E-state index is 12.0. The van der Waals surface area contributed by atoms with Crippen molar-refractivity contribution in [2.75, 3.05) is 13.7 Å². The fourth-order valence-electron chi connectivity index (χ4n) is 2.36. The molecule has 0 aromatic heterocycles. The molecule has 1 fully saturated rings. The van der Waals surface area contributed by atoms with E-state index in [4.69, 9.17) is 15.2 Å². The molecule has 0 unspecified atom stereocenters. The molecule has 1 saturated heterocycles. The van der Waals surface area contributed by atoms with Gasteiger partial charge in [-0.25, -0.2) is 0 Å². The minimum absolute atomic E-state index is 0.286. The van der Waals surface area contributed by atoms with E-state index in [0.29, 0.717) is 18.8 Å². The highest BCUT2D eigenvalue weighted by Crippen LogP contribution is 2.19. The summed E-state index contributed by atoms with van der Waals surface area (Å²) in [6.07, 6.45) is 1.33. The van der Waals surface area contributed by atoms with Gasteiger partial charge in [0.25, 0.3) is 0 Å². The molecule has 21 heavy (non-hydrogen) atoms. The van der Waals surface area contributed by atoms with Gasteiger partial charge in [-0.1, -0.05) is 18.2 Å². The summed E-state index contributed by atoms with van der Waals surface area (Å²) >= 11 is 0. The van der Waals surface area contributed by atoms with Crippen molar-refractivity contribution in [2.45, 2.75) is 31.4 Å². The second-order valence-corrected chi connectivity index (χ2v) is 4.98. The Hall–Kier alpha value is -2.08. The Labute approximate surface area is 123 Å². The van der Waals surface area contributed by atoms with E-state index in [0.717, 1.165) is 12.0 Å². The number of primary amides is 1. The van der Waals surface area contributed by atoms with Gasteiger partial charge in [0.15, 0.2) is 0 Å². The smallest absolute Gasteiger partial charge is 0.249 e. The highest BCUT2D eigenvalue weighted by atomic mass is 16.5. The van der Waals surface area contributed by atoms with E-state index in [2.05, 4.69) is 5.32 Å². The Bertz CT molecular complexity index is 512. The van der Waals surface area contributed by atoms with Gasteiger partial charge in [0.05, 0.1) is 7.11 Å². The fourth-order valence-corrected chi connectivity index (χ4v) is 2.36. The van der Waals surface area contributed by atoms with E-state index in [1.165, 1.54) is 0 Å². The van der Waals surface area contributed by atoms with Gasteiger partial charge < -0.3 is 20.5 Å². The van der Waals surface area contributed by atoms with Gasteiger partial charge in [-0.05, 0) is 24.5 Å². The van der Waals surface area contributed by atoms with Gasteiger partial charge in [-0.3, -0.25) is 9.59 Å². The fraction of sp³-hybridized carbons (Fsp3) is 0.467. The van der Waals surface area contributed by atoms with Gasteiger partial charge in [0, 0.05) is 13.0 Å². The molecule has 2 amide bonds. The minimum atomic E-state index is -0.780. The number of ether oxygens (including phenoxy) is 2. The molecule has 6 nitrogen and oxygen atoms in total. The Morgan fingerprint density at radius 3 is 2.86 bits per heavy atom. The van der Waals surface area contributed by atoms with Crippen LogP contribution < -0.4 is 15.8 Å². The summed E-state index contributed by atoms with van der Waals surface area (Å²) in [5, 5.41) is 2.66. The van der Waals surface area contributed by atoms with Crippen molar-refractivity contribution in [1.29, 1.82) is 0 Å². The Morgan fingerprint density at radius 1 is 1.48 bits per heavy atom. The van der Waals surface area contributed by atoms with Gasteiger partial charge in [-0.2, -0.15) is 0 Å². The van der Waals surface area contributed by atoms with Crippen molar-refractivity contribution >= 4 is 11.8 Å². The molecular weight excluding hydrogens is 272 g/mol. The van der Waals surface area contributed by atoms with E-state index in [-0.39, 0.29) is 12.3 Å². The van der Waals surface area contributed by atoms with Crippen molar-refractivity contribution in [2.24, 2.45) is 5.73 Å². The zero-order valence-electron chi connectivity index (χ0n) is 12.0. The Balaban J connectivity index is 2.05. The monoisotopic (exact) mass is 292 g/mol. The molecule has 6 heteroatoms. The number of carbonyl (C=O) groups excluding carboxylic acids is 2. The SMILES string of the molecule is COc1ccccc1C[C@H](NC(=O)[C@@H]1CCCO1)C(N)=O. The third-order valence-corrected chi connectivity index (χ3v) is 3.50. The number of para-hydroxylation sites is 1. The molecule has 0 aliphatic carbocycles. The molecule has 2 atom stereocenters. The summed E-state index contributed by atoms with van der Waals surface area (Å²) < 4.78 is 10.5. The van der Waals surface area contributed by atoms with Gasteiger partial charge >= 0.3 is 0 Å². The third-order valence-electron chi connectivity index (χ3n) is 3.50. The molecule has 1 heterocycles. The van der Waals surface area contributed by atoms with E-state index >= 15 is 0 Å². The summed E-state index contributed by atoms with van der Waals surface area (Å²) in [7, 11) is 1.56. The number of nitrogens with one attached hydrogen (secondary N) is 1. The summed E-state index contributed by atoms with van der Waals surface area (Å²) in [4.78, 5) is 23.6. The average molecular weight is 292 g/mol. The standard InChI is InChI=1S/C15H20N2O4/c1-20-12-6-3-2-5-10(12)9-11(14(16)18)17-15(19)13-7-4-8-21-13/h2-3,5-6,11,13H,4,7-9H2,1H3,(H2,16,18)(H,17,19)/t11-,13-/m0/s1. The van der Waals surface area contributed by atoms with Crippen molar-refractivity contribution in [3.8, 4) is 5.75 Å². The molecule has 0 bridgehead atoms. The molecule has 0 spiro atoms. The number of methoxy groups -OCH3 is 1. The number of nitrogens with two attached hydrogens (primary N) is 1. The Kier molecular flexibility index (Phi) is 5.16. The quantitative estimate of drug-likeness (QED) is 0.793. The van der Waals surface area contributed by atoms with Gasteiger partial charge in [0.2, 0.25) is 11.8 Å². The molecule has 1 aromatic carbocycles. The predicted octanol–water partition coefficient (Wildman–Crippen LogP) is 0.387. The first kappa shape index (κ1) is 15.3. The molecule has 1 aliphatic heterocycles. The van der Waals surface area contributed by atoms with Crippen LogP contribution in [0.3, 0.4) is 0 Å². The summed E-state index contributed by atoms with van der Waals surface area (Å²) in [5.74, 6) is -0.200. The largest absolute Gasteiger partial charge is 0.496 e. The number of carbonyl (C=O) groups is 2. The third kappa shape index (κ3) is 3.95. The minimum Gasteiger partial charge on any atom is -0.496 e. The molecular formula is C15H20N2O4. The first-order valence-electron chi connectivity index (χ1n) is 6.95. The molecule has 114 valence electrons. The molecule has 0 saturated carbocycles. The van der Waals surface area contributed by atoms with Crippen molar-refractivity contribution < 1.29 is 19.1 Å². The van der Waals surface area contributed by atoms with Crippen LogP contribution in [0.4, 0.5) is 0 Å². The second kappa shape index (κ2) is 7.08. The van der Waals surface area contributed by atoms with Crippen LogP contribution >= 0.6 is 0 Å². The molecule has 2 rings (SSSR count). The van der Waals surface area contributed by atoms with E-state index in [1.54, 1.807) is 13.2 Å². The lowest BCUT2D eigenvalue weighted by Gasteiger charge is -2.19. The molecule has 1 aliphatic rings. The van der Waals surface area contributed by atoms with E-state index in [9.17, 15) is 9.59 Å². The van der Waals surface area contributed by atoms with Crippen molar-refractivity contribution in [3.63, 3.8) is 0 Å². The first-order valence-corrected chi connectivity index (χ1v) is 6.95. The van der Waals surface area contributed by atoms with E-state index in [1.807, 2.05) is 18.2 Å². The zero-order chi connectivity index (χ0) is 15.2. The lowest BCUT2D eigenvalue weighted by Crippen LogP contribution is -2.49. The summed E-state index contributed by atoms with van der Waals surface area (Å²) in [5.41, 5.74) is 6.20. The Morgan fingerprint density at radius 2 is 2.24 bits per heavy atom. The average Bonchev–Trinajstić information content (AvgIpc) is 3.01. The van der Waals surface area contributed by atoms with Crippen LogP contribution in [-0.2, 0) is 20.7 Å². The maximum absolute atomic E-state index is 12.0. The summed E-state index contributed by atoms with van der Waals surface area (Å²) in [6, 6.07) is 6.55.